The van der Waals surface area contributed by atoms with Gasteiger partial charge in [-0.2, -0.15) is 0 Å². The Morgan fingerprint density at radius 3 is 2.29 bits per heavy atom. The van der Waals surface area contributed by atoms with E-state index in [-0.39, 0.29) is 11.3 Å². The predicted octanol–water partition coefficient (Wildman–Crippen LogP) is 2.37. The molecule has 0 spiro atoms. The molecule has 0 saturated carbocycles. The zero-order valence-electron chi connectivity index (χ0n) is 11.3. The molecule has 0 radical (unpaired) electrons. The summed E-state index contributed by atoms with van der Waals surface area (Å²) in [6.07, 6.45) is 0.853. The first-order chi connectivity index (χ1) is 9.91. The van der Waals surface area contributed by atoms with Crippen LogP contribution in [-0.4, -0.2) is 18.9 Å². The van der Waals surface area contributed by atoms with Gasteiger partial charge in [0.05, 0.1) is 10.5 Å². The molecule has 6 heteroatoms. The monoisotopic (exact) mass is 305 g/mol. The normalized spacial score (nSPS) is 11.1. The summed E-state index contributed by atoms with van der Waals surface area (Å²) in [6.45, 7) is 2.00. The van der Waals surface area contributed by atoms with Crippen LogP contribution in [0.5, 0.6) is 5.75 Å². The van der Waals surface area contributed by atoms with Crippen LogP contribution < -0.4 is 4.74 Å². The Balaban J connectivity index is 2.28. The van der Waals surface area contributed by atoms with E-state index in [0.29, 0.717) is 0 Å². The van der Waals surface area contributed by atoms with E-state index in [1.807, 2.05) is 6.92 Å². The third-order valence-corrected chi connectivity index (χ3v) is 3.81. The number of carbonyl (C=O) groups is 1. The van der Waals surface area contributed by atoms with Gasteiger partial charge in [0.25, 0.3) is 0 Å². The van der Waals surface area contributed by atoms with Gasteiger partial charge in [0, 0.05) is 0 Å². The van der Waals surface area contributed by atoms with Crippen LogP contribution in [0.25, 0.3) is 0 Å². The molecule has 2 aromatic carbocycles. The molecular weight excluding hydrogens is 292 g/mol. The highest BCUT2D eigenvalue weighted by Crippen LogP contribution is 2.19. The van der Waals surface area contributed by atoms with Gasteiger partial charge in [-0.05, 0) is 36.2 Å². The standard InChI is InChI=1S/C15H14O5S/c1-2-11-7-9-12(10-8-11)20-15(16)13-5-3-4-6-14(13)21(17,18)19/h3-10H,2H2,1H3,(H,17,18,19)/p-1. The van der Waals surface area contributed by atoms with Crippen molar-refractivity contribution in [1.29, 1.82) is 0 Å². The van der Waals surface area contributed by atoms with Crippen molar-refractivity contribution in [3.8, 4) is 5.75 Å². The zero-order chi connectivity index (χ0) is 15.5. The summed E-state index contributed by atoms with van der Waals surface area (Å²) in [6, 6.07) is 12.0. The Hall–Kier alpha value is -2.18. The maximum atomic E-state index is 12.0. The third kappa shape index (κ3) is 3.68. The first kappa shape index (κ1) is 15.2. The Morgan fingerprint density at radius 2 is 1.71 bits per heavy atom. The van der Waals surface area contributed by atoms with Crippen LogP contribution in [0, 0.1) is 0 Å². The van der Waals surface area contributed by atoms with Gasteiger partial charge in [-0.15, -0.1) is 0 Å². The Kier molecular flexibility index (Phi) is 4.40. The van der Waals surface area contributed by atoms with Gasteiger partial charge in [0.2, 0.25) is 0 Å². The van der Waals surface area contributed by atoms with Crippen LogP contribution in [0.1, 0.15) is 22.8 Å². The van der Waals surface area contributed by atoms with Crippen LogP contribution in [0.4, 0.5) is 0 Å². The first-order valence-corrected chi connectivity index (χ1v) is 7.68. The summed E-state index contributed by atoms with van der Waals surface area (Å²) in [5, 5.41) is 0. The third-order valence-electron chi connectivity index (χ3n) is 2.92. The summed E-state index contributed by atoms with van der Waals surface area (Å²) in [5.74, 6) is -0.593. The van der Waals surface area contributed by atoms with Gasteiger partial charge < -0.3 is 9.29 Å². The lowest BCUT2D eigenvalue weighted by Gasteiger charge is -2.12. The maximum absolute atomic E-state index is 12.0. The summed E-state index contributed by atoms with van der Waals surface area (Å²) in [5.41, 5.74) is 0.810. The molecule has 0 atom stereocenters. The molecule has 5 nitrogen and oxygen atoms in total. The topological polar surface area (TPSA) is 83.5 Å². The lowest BCUT2D eigenvalue weighted by Crippen LogP contribution is -2.14. The highest BCUT2D eigenvalue weighted by Gasteiger charge is 2.17. The van der Waals surface area contributed by atoms with E-state index in [2.05, 4.69) is 0 Å². The van der Waals surface area contributed by atoms with Crippen LogP contribution in [0.15, 0.2) is 53.4 Å². The van der Waals surface area contributed by atoms with E-state index in [1.165, 1.54) is 18.2 Å². The Bertz CT molecular complexity index is 748. The average Bonchev–Trinajstić information content (AvgIpc) is 2.47. The summed E-state index contributed by atoms with van der Waals surface area (Å²) in [7, 11) is -4.73. The first-order valence-electron chi connectivity index (χ1n) is 6.28. The SMILES string of the molecule is CCc1ccc(OC(=O)c2ccccc2S(=O)(=O)[O-])cc1. The number of ether oxygens (including phenoxy) is 1. The van der Waals surface area contributed by atoms with Crippen LogP contribution in [-0.2, 0) is 16.5 Å². The van der Waals surface area contributed by atoms with Gasteiger partial charge in [0.15, 0.2) is 0 Å². The molecule has 0 unspecified atom stereocenters. The molecule has 0 N–H and O–H groups in total. The summed E-state index contributed by atoms with van der Waals surface area (Å²) < 4.78 is 38.5. The Morgan fingerprint density at radius 1 is 1.10 bits per heavy atom. The summed E-state index contributed by atoms with van der Waals surface area (Å²) in [4.78, 5) is 11.4. The number of aryl methyl sites for hydroxylation is 1. The molecule has 0 amide bonds. The maximum Gasteiger partial charge on any atom is 0.344 e. The van der Waals surface area contributed by atoms with Crippen molar-refractivity contribution >= 4 is 16.1 Å². The number of hydrogen-bond acceptors (Lipinski definition) is 5. The van der Waals surface area contributed by atoms with Crippen molar-refractivity contribution in [3.05, 3.63) is 59.7 Å². The van der Waals surface area contributed by atoms with E-state index in [4.69, 9.17) is 4.74 Å². The minimum absolute atomic E-state index is 0.271. The minimum atomic E-state index is -4.73. The smallest absolute Gasteiger partial charge is 0.344 e. The minimum Gasteiger partial charge on any atom is -0.744 e. The van der Waals surface area contributed by atoms with E-state index < -0.39 is 21.0 Å². The zero-order valence-corrected chi connectivity index (χ0v) is 12.1. The molecule has 2 aromatic rings. The van der Waals surface area contributed by atoms with Gasteiger partial charge in [-0.3, -0.25) is 0 Å². The van der Waals surface area contributed by atoms with Crippen LogP contribution >= 0.6 is 0 Å². The van der Waals surface area contributed by atoms with Crippen molar-refractivity contribution < 1.29 is 22.5 Å². The molecule has 0 aromatic heterocycles. The van der Waals surface area contributed by atoms with E-state index in [9.17, 15) is 17.8 Å². The number of rotatable bonds is 4. The molecular formula is C15H13O5S-. The molecule has 0 aliphatic rings. The second-order valence-electron chi connectivity index (χ2n) is 4.34. The van der Waals surface area contributed by atoms with Crippen molar-refractivity contribution in [1.82, 2.24) is 0 Å². The molecule has 0 aliphatic heterocycles. The van der Waals surface area contributed by atoms with Gasteiger partial charge in [0.1, 0.15) is 15.9 Å². The van der Waals surface area contributed by atoms with Crippen molar-refractivity contribution in [3.63, 3.8) is 0 Å². The van der Waals surface area contributed by atoms with Gasteiger partial charge >= 0.3 is 5.97 Å². The molecule has 0 aliphatic carbocycles. The summed E-state index contributed by atoms with van der Waals surface area (Å²) >= 11 is 0. The van der Waals surface area contributed by atoms with Crippen molar-refractivity contribution in [2.24, 2.45) is 0 Å². The van der Waals surface area contributed by atoms with Gasteiger partial charge in [-0.1, -0.05) is 31.2 Å². The van der Waals surface area contributed by atoms with Crippen molar-refractivity contribution in [2.75, 3.05) is 0 Å². The molecule has 0 heterocycles. The van der Waals surface area contributed by atoms with Gasteiger partial charge in [-0.25, -0.2) is 13.2 Å². The molecule has 0 bridgehead atoms. The number of esters is 1. The second kappa shape index (κ2) is 6.07. The van der Waals surface area contributed by atoms with E-state index in [1.54, 1.807) is 24.3 Å². The molecule has 0 saturated heterocycles. The average molecular weight is 305 g/mol. The highest BCUT2D eigenvalue weighted by molar-refractivity contribution is 7.85. The van der Waals surface area contributed by atoms with Crippen molar-refractivity contribution in [2.45, 2.75) is 18.2 Å². The quantitative estimate of drug-likeness (QED) is 0.492. The molecule has 2 rings (SSSR count). The fourth-order valence-electron chi connectivity index (χ4n) is 1.81. The molecule has 110 valence electrons. The lowest BCUT2D eigenvalue weighted by atomic mass is 10.2. The van der Waals surface area contributed by atoms with E-state index >= 15 is 0 Å². The predicted molar refractivity (Wildman–Crippen MR) is 75.2 cm³/mol. The van der Waals surface area contributed by atoms with E-state index in [0.717, 1.165) is 18.1 Å². The highest BCUT2D eigenvalue weighted by atomic mass is 32.2. The fraction of sp³-hybridized carbons (Fsp3) is 0.133. The van der Waals surface area contributed by atoms with Crippen LogP contribution in [0.2, 0.25) is 0 Å². The second-order valence-corrected chi connectivity index (χ2v) is 5.69. The number of benzene rings is 2. The molecule has 0 fully saturated rings. The fourth-order valence-corrected chi connectivity index (χ4v) is 2.47. The number of hydrogen-bond donors (Lipinski definition) is 0. The largest absolute Gasteiger partial charge is 0.744 e. The number of carbonyl (C=O) groups excluding carboxylic acids is 1. The Labute approximate surface area is 122 Å². The van der Waals surface area contributed by atoms with Crippen LogP contribution in [0.3, 0.4) is 0 Å². The molecule has 21 heavy (non-hydrogen) atoms. The lowest BCUT2D eigenvalue weighted by molar-refractivity contribution is 0.0730.